The highest BCUT2D eigenvalue weighted by Gasteiger charge is 2.22. The number of amides is 1. The molecule has 1 amide bonds. The molecule has 1 fully saturated rings. The first kappa shape index (κ1) is 17.6. The SMILES string of the molecule is CC(C)N1CCC(CC(=O)NCc2nc(-c3ccccc3)n[nH]2)CC1. The molecule has 2 heterocycles. The fraction of sp³-hybridized carbons (Fsp3) is 0.526. The van der Waals surface area contributed by atoms with Crippen LogP contribution in [-0.2, 0) is 11.3 Å². The maximum Gasteiger partial charge on any atom is 0.220 e. The molecular weight excluding hydrogens is 314 g/mol. The topological polar surface area (TPSA) is 73.9 Å². The van der Waals surface area contributed by atoms with E-state index in [4.69, 9.17) is 0 Å². The van der Waals surface area contributed by atoms with Crippen LogP contribution in [0.1, 0.15) is 38.9 Å². The summed E-state index contributed by atoms with van der Waals surface area (Å²) in [4.78, 5) is 19.1. The summed E-state index contributed by atoms with van der Waals surface area (Å²) >= 11 is 0. The average Bonchev–Trinajstić information content (AvgIpc) is 3.10. The minimum Gasteiger partial charge on any atom is -0.349 e. The standard InChI is InChI=1S/C19H27N5O/c1-14(2)24-10-8-15(9-11-24)12-18(25)20-13-17-21-19(23-22-17)16-6-4-3-5-7-16/h3-7,14-15H,8-13H2,1-2H3,(H,20,25)(H,21,22,23). The van der Waals surface area contributed by atoms with Gasteiger partial charge in [0.15, 0.2) is 5.82 Å². The number of rotatable bonds is 6. The number of carbonyl (C=O) groups is 1. The van der Waals surface area contributed by atoms with Gasteiger partial charge in [0.2, 0.25) is 5.91 Å². The van der Waals surface area contributed by atoms with Gasteiger partial charge in [-0.05, 0) is 45.7 Å². The van der Waals surface area contributed by atoms with Gasteiger partial charge in [-0.3, -0.25) is 9.89 Å². The molecule has 0 bridgehead atoms. The van der Waals surface area contributed by atoms with Gasteiger partial charge in [0.25, 0.3) is 0 Å². The highest BCUT2D eigenvalue weighted by molar-refractivity contribution is 5.76. The zero-order valence-electron chi connectivity index (χ0n) is 15.0. The summed E-state index contributed by atoms with van der Waals surface area (Å²) in [7, 11) is 0. The molecule has 1 aliphatic heterocycles. The van der Waals surface area contributed by atoms with Crippen LogP contribution in [0.3, 0.4) is 0 Å². The number of H-pyrrole nitrogens is 1. The number of aromatic nitrogens is 3. The molecule has 0 radical (unpaired) electrons. The van der Waals surface area contributed by atoms with Crippen molar-refractivity contribution in [2.24, 2.45) is 5.92 Å². The van der Waals surface area contributed by atoms with E-state index < -0.39 is 0 Å². The Balaban J connectivity index is 1.43. The van der Waals surface area contributed by atoms with E-state index in [0.29, 0.717) is 36.6 Å². The quantitative estimate of drug-likeness (QED) is 0.847. The van der Waals surface area contributed by atoms with Gasteiger partial charge in [-0.25, -0.2) is 4.98 Å². The van der Waals surface area contributed by atoms with E-state index >= 15 is 0 Å². The van der Waals surface area contributed by atoms with Crippen molar-refractivity contribution in [2.75, 3.05) is 13.1 Å². The zero-order chi connectivity index (χ0) is 17.6. The third kappa shape index (κ3) is 4.89. The second-order valence-corrected chi connectivity index (χ2v) is 7.03. The minimum atomic E-state index is 0.0978. The molecule has 1 aromatic heterocycles. The van der Waals surface area contributed by atoms with Crippen LogP contribution in [0.25, 0.3) is 11.4 Å². The number of hydrogen-bond donors (Lipinski definition) is 2. The van der Waals surface area contributed by atoms with Crippen LogP contribution in [0, 0.1) is 5.92 Å². The van der Waals surface area contributed by atoms with Gasteiger partial charge in [0.05, 0.1) is 6.54 Å². The molecule has 134 valence electrons. The Morgan fingerprint density at radius 1 is 1.28 bits per heavy atom. The number of carbonyl (C=O) groups excluding carboxylic acids is 1. The van der Waals surface area contributed by atoms with Crippen LogP contribution in [-0.4, -0.2) is 45.1 Å². The molecule has 0 saturated carbocycles. The van der Waals surface area contributed by atoms with Crippen molar-refractivity contribution in [3.05, 3.63) is 36.2 Å². The van der Waals surface area contributed by atoms with Crippen molar-refractivity contribution in [3.63, 3.8) is 0 Å². The van der Waals surface area contributed by atoms with Gasteiger partial charge in [0.1, 0.15) is 5.82 Å². The second kappa shape index (κ2) is 8.25. The predicted molar refractivity (Wildman–Crippen MR) is 97.7 cm³/mol. The maximum atomic E-state index is 12.2. The zero-order valence-corrected chi connectivity index (χ0v) is 15.0. The molecule has 2 N–H and O–H groups in total. The van der Waals surface area contributed by atoms with Crippen molar-refractivity contribution in [3.8, 4) is 11.4 Å². The lowest BCUT2D eigenvalue weighted by Gasteiger charge is -2.34. The Hall–Kier alpha value is -2.21. The van der Waals surface area contributed by atoms with E-state index in [0.717, 1.165) is 31.5 Å². The molecule has 0 aliphatic carbocycles. The number of nitrogens with zero attached hydrogens (tertiary/aromatic N) is 3. The Labute approximate surface area is 149 Å². The fourth-order valence-corrected chi connectivity index (χ4v) is 3.28. The molecule has 0 atom stereocenters. The van der Waals surface area contributed by atoms with E-state index in [1.807, 2.05) is 30.3 Å². The van der Waals surface area contributed by atoms with Gasteiger partial charge in [-0.1, -0.05) is 30.3 Å². The lowest BCUT2D eigenvalue weighted by atomic mass is 9.92. The molecule has 3 rings (SSSR count). The van der Waals surface area contributed by atoms with Crippen LogP contribution in [0.5, 0.6) is 0 Å². The first-order valence-electron chi connectivity index (χ1n) is 9.09. The Morgan fingerprint density at radius 3 is 2.68 bits per heavy atom. The molecule has 1 aromatic carbocycles. The van der Waals surface area contributed by atoms with E-state index in [-0.39, 0.29) is 5.91 Å². The summed E-state index contributed by atoms with van der Waals surface area (Å²) in [6.45, 7) is 7.04. The normalized spacial score (nSPS) is 16.3. The summed E-state index contributed by atoms with van der Waals surface area (Å²) in [5.74, 6) is 1.93. The van der Waals surface area contributed by atoms with Gasteiger partial charge < -0.3 is 10.2 Å². The summed E-state index contributed by atoms with van der Waals surface area (Å²) < 4.78 is 0. The van der Waals surface area contributed by atoms with Gasteiger partial charge in [-0.2, -0.15) is 5.10 Å². The minimum absolute atomic E-state index is 0.0978. The first-order valence-corrected chi connectivity index (χ1v) is 9.09. The molecule has 0 spiro atoms. The third-order valence-electron chi connectivity index (χ3n) is 4.87. The largest absolute Gasteiger partial charge is 0.349 e. The number of piperidine rings is 1. The van der Waals surface area contributed by atoms with Crippen molar-refractivity contribution in [1.82, 2.24) is 25.4 Å². The van der Waals surface area contributed by atoms with Crippen molar-refractivity contribution in [1.29, 1.82) is 0 Å². The van der Waals surface area contributed by atoms with Crippen molar-refractivity contribution >= 4 is 5.91 Å². The van der Waals surface area contributed by atoms with Crippen LogP contribution in [0.4, 0.5) is 0 Å². The molecule has 2 aromatic rings. The van der Waals surface area contributed by atoms with Gasteiger partial charge in [-0.15, -0.1) is 0 Å². The Kier molecular flexibility index (Phi) is 5.81. The lowest BCUT2D eigenvalue weighted by Crippen LogP contribution is -2.39. The fourth-order valence-electron chi connectivity index (χ4n) is 3.28. The predicted octanol–water partition coefficient (Wildman–Crippen LogP) is 2.60. The molecule has 25 heavy (non-hydrogen) atoms. The highest BCUT2D eigenvalue weighted by Crippen LogP contribution is 2.21. The van der Waals surface area contributed by atoms with Crippen LogP contribution < -0.4 is 5.32 Å². The summed E-state index contributed by atoms with van der Waals surface area (Å²) in [5, 5.41) is 10.1. The van der Waals surface area contributed by atoms with E-state index in [2.05, 4.69) is 39.2 Å². The highest BCUT2D eigenvalue weighted by atomic mass is 16.1. The number of nitrogens with one attached hydrogen (secondary N) is 2. The average molecular weight is 341 g/mol. The number of hydrogen-bond acceptors (Lipinski definition) is 4. The van der Waals surface area contributed by atoms with Crippen molar-refractivity contribution in [2.45, 2.75) is 45.7 Å². The second-order valence-electron chi connectivity index (χ2n) is 7.03. The van der Waals surface area contributed by atoms with Crippen LogP contribution >= 0.6 is 0 Å². The molecule has 1 aliphatic rings. The van der Waals surface area contributed by atoms with Crippen LogP contribution in [0.2, 0.25) is 0 Å². The van der Waals surface area contributed by atoms with Gasteiger partial charge in [0, 0.05) is 18.0 Å². The number of likely N-dealkylation sites (tertiary alicyclic amines) is 1. The third-order valence-corrected chi connectivity index (χ3v) is 4.87. The molecule has 6 nitrogen and oxygen atoms in total. The van der Waals surface area contributed by atoms with Gasteiger partial charge >= 0.3 is 0 Å². The molecular formula is C19H27N5O. The summed E-state index contributed by atoms with van der Waals surface area (Å²) in [6, 6.07) is 10.4. The first-order chi connectivity index (χ1) is 12.1. The molecule has 1 saturated heterocycles. The van der Waals surface area contributed by atoms with Crippen molar-refractivity contribution < 1.29 is 4.79 Å². The van der Waals surface area contributed by atoms with E-state index in [1.54, 1.807) is 0 Å². The maximum absolute atomic E-state index is 12.2. The Morgan fingerprint density at radius 2 is 2.00 bits per heavy atom. The van der Waals surface area contributed by atoms with E-state index in [1.165, 1.54) is 0 Å². The lowest BCUT2D eigenvalue weighted by molar-refractivity contribution is -0.122. The van der Waals surface area contributed by atoms with Crippen LogP contribution in [0.15, 0.2) is 30.3 Å². The monoisotopic (exact) mass is 341 g/mol. The summed E-state index contributed by atoms with van der Waals surface area (Å²) in [6.07, 6.45) is 2.81. The number of aromatic amines is 1. The molecule has 6 heteroatoms. The summed E-state index contributed by atoms with van der Waals surface area (Å²) in [5.41, 5.74) is 0.966. The molecule has 0 unspecified atom stereocenters. The Bertz CT molecular complexity index is 674. The number of benzene rings is 1. The smallest absolute Gasteiger partial charge is 0.220 e. The van der Waals surface area contributed by atoms with E-state index in [9.17, 15) is 4.79 Å².